The van der Waals surface area contributed by atoms with E-state index in [2.05, 4.69) is 15.4 Å². The van der Waals surface area contributed by atoms with Gasteiger partial charge in [0.15, 0.2) is 0 Å². The zero-order valence-electron chi connectivity index (χ0n) is 15.2. The number of hydrogen-bond acceptors (Lipinski definition) is 5. The van der Waals surface area contributed by atoms with Gasteiger partial charge in [-0.2, -0.15) is 0 Å². The maximum atomic E-state index is 12.0. The van der Waals surface area contributed by atoms with E-state index in [1.807, 2.05) is 38.1 Å². The van der Waals surface area contributed by atoms with Crippen LogP contribution in [0.1, 0.15) is 30.6 Å². The van der Waals surface area contributed by atoms with Gasteiger partial charge in [-0.25, -0.2) is 4.79 Å². The van der Waals surface area contributed by atoms with E-state index in [4.69, 9.17) is 4.74 Å². The van der Waals surface area contributed by atoms with E-state index in [9.17, 15) is 9.59 Å². The largest absolute Gasteiger partial charge is 0.491 e. The van der Waals surface area contributed by atoms with Crippen molar-refractivity contribution in [1.29, 1.82) is 0 Å². The summed E-state index contributed by atoms with van der Waals surface area (Å²) < 4.78 is 10.3. The number of benzene rings is 2. The van der Waals surface area contributed by atoms with Crippen LogP contribution in [0, 0.1) is 0 Å². The van der Waals surface area contributed by atoms with Gasteiger partial charge < -0.3 is 20.1 Å². The quantitative estimate of drug-likeness (QED) is 0.705. The summed E-state index contributed by atoms with van der Waals surface area (Å²) in [7, 11) is 1.32. The van der Waals surface area contributed by atoms with Crippen LogP contribution in [-0.4, -0.2) is 31.6 Å². The first kappa shape index (κ1) is 19.3. The SMILES string of the molecule is COC(=O)c1cccc(NC(=O)CCNc2ccc(OC(C)C)cc2)c1. The van der Waals surface area contributed by atoms with Crippen molar-refractivity contribution in [3.63, 3.8) is 0 Å². The fraction of sp³-hybridized carbons (Fsp3) is 0.300. The molecule has 0 radical (unpaired) electrons. The van der Waals surface area contributed by atoms with Gasteiger partial charge in [-0.15, -0.1) is 0 Å². The van der Waals surface area contributed by atoms with Crippen LogP contribution < -0.4 is 15.4 Å². The molecule has 6 heteroatoms. The third kappa shape index (κ3) is 6.12. The average molecular weight is 356 g/mol. The van der Waals surface area contributed by atoms with Crippen molar-refractivity contribution in [1.82, 2.24) is 0 Å². The Labute approximate surface area is 153 Å². The molecule has 0 aliphatic carbocycles. The van der Waals surface area contributed by atoms with E-state index in [1.54, 1.807) is 24.3 Å². The molecule has 0 aliphatic rings. The molecule has 2 N–H and O–H groups in total. The first-order valence-electron chi connectivity index (χ1n) is 8.46. The van der Waals surface area contributed by atoms with Crippen LogP contribution in [0.5, 0.6) is 5.75 Å². The van der Waals surface area contributed by atoms with Crippen molar-refractivity contribution in [2.75, 3.05) is 24.3 Å². The number of carbonyl (C=O) groups excluding carboxylic acids is 2. The lowest BCUT2D eigenvalue weighted by molar-refractivity contribution is -0.115. The zero-order chi connectivity index (χ0) is 18.9. The summed E-state index contributed by atoms with van der Waals surface area (Å²) in [4.78, 5) is 23.6. The van der Waals surface area contributed by atoms with E-state index >= 15 is 0 Å². The summed E-state index contributed by atoms with van der Waals surface area (Å²) in [5.41, 5.74) is 1.88. The molecule has 0 saturated heterocycles. The number of nitrogens with one attached hydrogen (secondary N) is 2. The number of carbonyl (C=O) groups is 2. The Hall–Kier alpha value is -3.02. The molecule has 0 heterocycles. The van der Waals surface area contributed by atoms with Crippen LogP contribution in [0.15, 0.2) is 48.5 Å². The van der Waals surface area contributed by atoms with Gasteiger partial charge in [0, 0.05) is 24.3 Å². The molecule has 0 saturated carbocycles. The predicted octanol–water partition coefficient (Wildman–Crippen LogP) is 3.70. The lowest BCUT2D eigenvalue weighted by atomic mass is 10.2. The monoisotopic (exact) mass is 356 g/mol. The summed E-state index contributed by atoms with van der Waals surface area (Å²) in [6.45, 7) is 4.45. The Morgan fingerprint density at radius 3 is 2.42 bits per heavy atom. The van der Waals surface area contributed by atoms with Crippen LogP contribution in [0.4, 0.5) is 11.4 Å². The topological polar surface area (TPSA) is 76.7 Å². The highest BCUT2D eigenvalue weighted by molar-refractivity contribution is 5.94. The van der Waals surface area contributed by atoms with Gasteiger partial charge in [0.25, 0.3) is 0 Å². The zero-order valence-corrected chi connectivity index (χ0v) is 15.2. The molecule has 0 unspecified atom stereocenters. The summed E-state index contributed by atoms with van der Waals surface area (Å²) >= 11 is 0. The Morgan fingerprint density at radius 2 is 1.77 bits per heavy atom. The van der Waals surface area contributed by atoms with E-state index < -0.39 is 5.97 Å². The minimum absolute atomic E-state index is 0.134. The summed E-state index contributed by atoms with van der Waals surface area (Å²) in [6.07, 6.45) is 0.433. The van der Waals surface area contributed by atoms with Crippen LogP contribution in [0.2, 0.25) is 0 Å². The highest BCUT2D eigenvalue weighted by Crippen LogP contribution is 2.17. The minimum atomic E-state index is -0.437. The highest BCUT2D eigenvalue weighted by atomic mass is 16.5. The smallest absolute Gasteiger partial charge is 0.337 e. The number of esters is 1. The maximum absolute atomic E-state index is 12.0. The van der Waals surface area contributed by atoms with E-state index in [-0.39, 0.29) is 12.0 Å². The molecule has 0 aromatic heterocycles. The molecule has 2 aromatic rings. The van der Waals surface area contributed by atoms with Crippen LogP contribution in [-0.2, 0) is 9.53 Å². The van der Waals surface area contributed by atoms with Crippen molar-refractivity contribution in [3.8, 4) is 5.75 Å². The Kier molecular flexibility index (Phi) is 7.02. The van der Waals surface area contributed by atoms with Crippen molar-refractivity contribution in [2.45, 2.75) is 26.4 Å². The minimum Gasteiger partial charge on any atom is -0.491 e. The van der Waals surface area contributed by atoms with E-state index in [1.165, 1.54) is 7.11 Å². The fourth-order valence-electron chi connectivity index (χ4n) is 2.31. The van der Waals surface area contributed by atoms with Crippen LogP contribution in [0.3, 0.4) is 0 Å². The molecule has 0 aliphatic heterocycles. The molecule has 1 amide bonds. The number of ether oxygens (including phenoxy) is 2. The standard InChI is InChI=1S/C20H24N2O4/c1-14(2)26-18-9-7-16(8-10-18)21-12-11-19(23)22-17-6-4-5-15(13-17)20(24)25-3/h4-10,13-14,21H,11-12H2,1-3H3,(H,22,23). The summed E-state index contributed by atoms with van der Waals surface area (Å²) in [6, 6.07) is 14.2. The van der Waals surface area contributed by atoms with Gasteiger partial charge >= 0.3 is 5.97 Å². The van der Waals surface area contributed by atoms with E-state index in [0.717, 1.165) is 11.4 Å². The Balaban J connectivity index is 1.79. The second-order valence-corrected chi connectivity index (χ2v) is 5.99. The molecule has 138 valence electrons. The van der Waals surface area contributed by atoms with Crippen molar-refractivity contribution < 1.29 is 19.1 Å². The van der Waals surface area contributed by atoms with E-state index in [0.29, 0.717) is 24.2 Å². The third-order valence-electron chi connectivity index (χ3n) is 3.47. The van der Waals surface area contributed by atoms with Crippen LogP contribution >= 0.6 is 0 Å². The lowest BCUT2D eigenvalue weighted by Crippen LogP contribution is -2.16. The molecule has 0 spiro atoms. The molecular weight excluding hydrogens is 332 g/mol. The third-order valence-corrected chi connectivity index (χ3v) is 3.47. The van der Waals surface area contributed by atoms with Gasteiger partial charge in [-0.05, 0) is 56.3 Å². The van der Waals surface area contributed by atoms with Gasteiger partial charge in [0.05, 0.1) is 18.8 Å². The van der Waals surface area contributed by atoms with Crippen molar-refractivity contribution in [3.05, 3.63) is 54.1 Å². The van der Waals surface area contributed by atoms with Gasteiger partial charge in [0.2, 0.25) is 5.91 Å². The molecule has 26 heavy (non-hydrogen) atoms. The Bertz CT molecular complexity index is 742. The molecule has 2 rings (SSSR count). The number of hydrogen-bond donors (Lipinski definition) is 2. The normalized spacial score (nSPS) is 10.3. The number of rotatable bonds is 8. The second-order valence-electron chi connectivity index (χ2n) is 5.99. The lowest BCUT2D eigenvalue weighted by Gasteiger charge is -2.11. The van der Waals surface area contributed by atoms with Gasteiger partial charge in [-0.1, -0.05) is 6.07 Å². The van der Waals surface area contributed by atoms with Gasteiger partial charge in [-0.3, -0.25) is 4.79 Å². The van der Waals surface area contributed by atoms with Crippen LogP contribution in [0.25, 0.3) is 0 Å². The molecule has 0 bridgehead atoms. The molecular formula is C20H24N2O4. The summed E-state index contributed by atoms with van der Waals surface area (Å²) in [5, 5.41) is 5.96. The Morgan fingerprint density at radius 1 is 1.04 bits per heavy atom. The molecule has 0 fully saturated rings. The van der Waals surface area contributed by atoms with Crippen molar-refractivity contribution in [2.24, 2.45) is 0 Å². The fourth-order valence-corrected chi connectivity index (χ4v) is 2.31. The number of methoxy groups -OCH3 is 1. The van der Waals surface area contributed by atoms with Crippen molar-refractivity contribution >= 4 is 23.3 Å². The molecule has 0 atom stereocenters. The first-order chi connectivity index (χ1) is 12.5. The predicted molar refractivity (Wildman–Crippen MR) is 102 cm³/mol. The molecule has 6 nitrogen and oxygen atoms in total. The summed E-state index contributed by atoms with van der Waals surface area (Å²) in [5.74, 6) is 0.237. The highest BCUT2D eigenvalue weighted by Gasteiger charge is 2.08. The number of amides is 1. The maximum Gasteiger partial charge on any atom is 0.337 e. The van der Waals surface area contributed by atoms with Gasteiger partial charge in [0.1, 0.15) is 5.75 Å². The second kappa shape index (κ2) is 9.46. The average Bonchev–Trinajstić information content (AvgIpc) is 2.62. The molecule has 2 aromatic carbocycles. The number of anilines is 2. The first-order valence-corrected chi connectivity index (χ1v) is 8.46.